The van der Waals surface area contributed by atoms with Gasteiger partial charge in [0.05, 0.1) is 0 Å². The first-order valence-electron chi connectivity index (χ1n) is 6.27. The second kappa shape index (κ2) is 5.60. The Hall–Kier alpha value is -1.57. The second-order valence-electron chi connectivity index (χ2n) is 4.53. The number of hydrogen-bond acceptors (Lipinski definition) is 5. The summed E-state index contributed by atoms with van der Waals surface area (Å²) in [5, 5.41) is 3.08. The van der Waals surface area contributed by atoms with Crippen molar-refractivity contribution in [1.29, 1.82) is 0 Å². The van der Waals surface area contributed by atoms with Gasteiger partial charge in [0.2, 0.25) is 0 Å². The molecule has 8 heteroatoms. The third kappa shape index (κ3) is 2.89. The van der Waals surface area contributed by atoms with Crippen molar-refractivity contribution in [1.82, 2.24) is 9.55 Å². The zero-order valence-electron chi connectivity index (χ0n) is 10.8. The van der Waals surface area contributed by atoms with Gasteiger partial charge in [-0.1, -0.05) is 0 Å². The molecule has 1 fully saturated rings. The molecular weight excluding hydrogens is 268 g/mol. The Bertz CT molecular complexity index is 597. The molecular formula is C11H18N4O3S. The van der Waals surface area contributed by atoms with Gasteiger partial charge in [0, 0.05) is 34.9 Å². The number of hydrogen-bond donors (Lipinski definition) is 3. The quantitative estimate of drug-likeness (QED) is 0.691. The monoisotopic (exact) mass is 286 g/mol. The Balaban J connectivity index is 2.28. The Morgan fingerprint density at radius 1 is 1.42 bits per heavy atom. The van der Waals surface area contributed by atoms with Crippen molar-refractivity contribution >= 4 is 22.3 Å². The van der Waals surface area contributed by atoms with E-state index in [1.165, 1.54) is 4.57 Å². The lowest BCUT2D eigenvalue weighted by Crippen LogP contribution is -2.37. The summed E-state index contributed by atoms with van der Waals surface area (Å²) in [5.74, 6) is 1.41. The molecule has 1 aromatic heterocycles. The molecule has 1 aliphatic heterocycles. The molecule has 0 amide bonds. The van der Waals surface area contributed by atoms with Crippen LogP contribution >= 0.6 is 0 Å². The minimum atomic E-state index is -0.752. The number of nitrogens with zero attached hydrogens (tertiary/aromatic N) is 1. The van der Waals surface area contributed by atoms with Crippen molar-refractivity contribution < 1.29 is 4.21 Å². The fourth-order valence-electron chi connectivity index (χ4n) is 2.18. The van der Waals surface area contributed by atoms with Crippen LogP contribution in [0.25, 0.3) is 0 Å². The lowest BCUT2D eigenvalue weighted by atomic mass is 10.1. The molecule has 2 rings (SSSR count). The molecule has 0 aromatic carbocycles. The molecule has 1 saturated heterocycles. The van der Waals surface area contributed by atoms with Crippen LogP contribution < -0.4 is 22.3 Å². The van der Waals surface area contributed by atoms with Gasteiger partial charge in [-0.15, -0.1) is 0 Å². The summed E-state index contributed by atoms with van der Waals surface area (Å²) in [4.78, 5) is 25.6. The normalized spacial score (nSPS) is 23.2. The SMILES string of the molecule is CCn1c(N)c(NC2CCS(=O)CC2)c(=O)[nH]c1=O. The molecule has 0 atom stereocenters. The van der Waals surface area contributed by atoms with E-state index in [2.05, 4.69) is 10.3 Å². The molecule has 0 spiro atoms. The lowest BCUT2D eigenvalue weighted by molar-refractivity contribution is 0.621. The molecule has 1 aromatic rings. The van der Waals surface area contributed by atoms with Gasteiger partial charge in [-0.3, -0.25) is 18.6 Å². The molecule has 4 N–H and O–H groups in total. The topological polar surface area (TPSA) is 110 Å². The van der Waals surface area contributed by atoms with Crippen molar-refractivity contribution in [3.8, 4) is 0 Å². The minimum absolute atomic E-state index is 0.0731. The molecule has 0 saturated carbocycles. The van der Waals surface area contributed by atoms with Crippen LogP contribution in [0.4, 0.5) is 11.5 Å². The van der Waals surface area contributed by atoms with Gasteiger partial charge in [-0.2, -0.15) is 0 Å². The van der Waals surface area contributed by atoms with Crippen LogP contribution in [-0.2, 0) is 17.3 Å². The van der Waals surface area contributed by atoms with Crippen LogP contribution in [0.15, 0.2) is 9.59 Å². The van der Waals surface area contributed by atoms with Crippen molar-refractivity contribution in [2.24, 2.45) is 0 Å². The molecule has 0 unspecified atom stereocenters. The molecule has 0 radical (unpaired) electrons. The maximum Gasteiger partial charge on any atom is 0.330 e. The number of H-pyrrole nitrogens is 1. The Morgan fingerprint density at radius 3 is 2.63 bits per heavy atom. The standard InChI is InChI=1S/C11H18N4O3S/c1-2-15-9(12)8(10(16)14-11(15)17)13-7-3-5-19(18)6-4-7/h7,13H,2-6,12H2,1H3,(H,14,16,17). The largest absolute Gasteiger partial charge is 0.383 e. The van der Waals surface area contributed by atoms with Crippen molar-refractivity contribution in [3.63, 3.8) is 0 Å². The predicted octanol–water partition coefficient (Wildman–Crippen LogP) is -0.538. The highest BCUT2D eigenvalue weighted by molar-refractivity contribution is 7.85. The van der Waals surface area contributed by atoms with Crippen LogP contribution in [0.1, 0.15) is 19.8 Å². The molecule has 7 nitrogen and oxygen atoms in total. The molecule has 2 heterocycles. The van der Waals surface area contributed by atoms with E-state index in [9.17, 15) is 13.8 Å². The summed E-state index contributed by atoms with van der Waals surface area (Å²) in [6.45, 7) is 2.18. The van der Waals surface area contributed by atoms with E-state index in [0.29, 0.717) is 18.1 Å². The maximum atomic E-state index is 11.8. The third-order valence-electron chi connectivity index (χ3n) is 3.29. The Kier molecular flexibility index (Phi) is 4.08. The van der Waals surface area contributed by atoms with E-state index < -0.39 is 22.0 Å². The molecule has 19 heavy (non-hydrogen) atoms. The number of aromatic amines is 1. The lowest BCUT2D eigenvalue weighted by Gasteiger charge is -2.24. The Labute approximate surface area is 112 Å². The smallest absolute Gasteiger partial charge is 0.330 e. The highest BCUT2D eigenvalue weighted by Crippen LogP contribution is 2.17. The third-order valence-corrected chi connectivity index (χ3v) is 4.67. The average molecular weight is 286 g/mol. The predicted molar refractivity (Wildman–Crippen MR) is 75.9 cm³/mol. The van der Waals surface area contributed by atoms with Crippen LogP contribution in [0.3, 0.4) is 0 Å². The average Bonchev–Trinajstić information content (AvgIpc) is 2.37. The summed E-state index contributed by atoms with van der Waals surface area (Å²) in [5.41, 5.74) is 5.10. The van der Waals surface area contributed by atoms with Gasteiger partial charge >= 0.3 is 5.69 Å². The number of nitrogen functional groups attached to an aromatic ring is 1. The summed E-state index contributed by atoms with van der Waals surface area (Å²) in [6.07, 6.45) is 1.47. The van der Waals surface area contributed by atoms with E-state index in [1.807, 2.05) is 0 Å². The number of rotatable bonds is 3. The first kappa shape index (κ1) is 13.9. The number of anilines is 2. The highest BCUT2D eigenvalue weighted by atomic mass is 32.2. The van der Waals surface area contributed by atoms with E-state index in [4.69, 9.17) is 5.73 Å². The van der Waals surface area contributed by atoms with Gasteiger partial charge < -0.3 is 11.1 Å². The summed E-state index contributed by atoms with van der Waals surface area (Å²) < 4.78 is 12.6. The zero-order chi connectivity index (χ0) is 14.0. The first-order chi connectivity index (χ1) is 9.02. The minimum Gasteiger partial charge on any atom is -0.383 e. The summed E-state index contributed by atoms with van der Waals surface area (Å²) >= 11 is 0. The van der Waals surface area contributed by atoms with E-state index in [1.54, 1.807) is 6.92 Å². The second-order valence-corrected chi connectivity index (χ2v) is 6.23. The molecule has 0 bridgehead atoms. The van der Waals surface area contributed by atoms with Crippen LogP contribution in [0.2, 0.25) is 0 Å². The zero-order valence-corrected chi connectivity index (χ0v) is 11.6. The van der Waals surface area contributed by atoms with Gasteiger partial charge in [-0.25, -0.2) is 4.79 Å². The number of aromatic nitrogens is 2. The summed E-state index contributed by atoms with van der Waals surface area (Å²) in [6, 6.07) is 0.0731. The van der Waals surface area contributed by atoms with Crippen LogP contribution in [0, 0.1) is 0 Å². The van der Waals surface area contributed by atoms with Gasteiger partial charge in [0.1, 0.15) is 11.5 Å². The number of nitrogens with two attached hydrogens (primary N) is 1. The fraction of sp³-hybridized carbons (Fsp3) is 0.636. The first-order valence-corrected chi connectivity index (χ1v) is 7.75. The van der Waals surface area contributed by atoms with E-state index >= 15 is 0 Å². The van der Waals surface area contributed by atoms with Crippen molar-refractivity contribution in [3.05, 3.63) is 20.8 Å². The van der Waals surface area contributed by atoms with Crippen LogP contribution in [-0.4, -0.2) is 31.3 Å². The van der Waals surface area contributed by atoms with Gasteiger partial charge in [0.15, 0.2) is 0 Å². The van der Waals surface area contributed by atoms with E-state index in [-0.39, 0.29) is 17.5 Å². The Morgan fingerprint density at radius 2 is 2.05 bits per heavy atom. The maximum absolute atomic E-state index is 11.8. The molecule has 106 valence electrons. The summed E-state index contributed by atoms with van der Waals surface area (Å²) in [7, 11) is -0.752. The molecule has 1 aliphatic rings. The van der Waals surface area contributed by atoms with Crippen LogP contribution in [0.5, 0.6) is 0 Å². The van der Waals surface area contributed by atoms with Crippen molar-refractivity contribution in [2.45, 2.75) is 32.4 Å². The fourth-order valence-corrected chi connectivity index (χ4v) is 3.48. The van der Waals surface area contributed by atoms with Gasteiger partial charge in [0.25, 0.3) is 5.56 Å². The highest BCUT2D eigenvalue weighted by Gasteiger charge is 2.20. The number of nitrogens with one attached hydrogen (secondary N) is 2. The van der Waals surface area contributed by atoms with E-state index in [0.717, 1.165) is 12.8 Å². The molecule has 0 aliphatic carbocycles. The van der Waals surface area contributed by atoms with Crippen molar-refractivity contribution in [2.75, 3.05) is 22.6 Å². The van der Waals surface area contributed by atoms with Gasteiger partial charge in [-0.05, 0) is 19.8 Å².